The molecule has 2 heteroatoms. The molecule has 0 radical (unpaired) electrons. The van der Waals surface area contributed by atoms with E-state index in [0.29, 0.717) is 5.88 Å². The van der Waals surface area contributed by atoms with Crippen molar-refractivity contribution in [2.24, 2.45) is 0 Å². The van der Waals surface area contributed by atoms with Crippen LogP contribution in [0.2, 0.25) is 0 Å². The Kier molecular flexibility index (Phi) is 3.82. The van der Waals surface area contributed by atoms with Crippen molar-refractivity contribution in [3.05, 3.63) is 29.8 Å². The lowest BCUT2D eigenvalue weighted by Gasteiger charge is -2.24. The van der Waals surface area contributed by atoms with Gasteiger partial charge in [0, 0.05) is 5.88 Å². The molecular weight excluding hydrogens is 196 g/mol. The van der Waals surface area contributed by atoms with E-state index in [4.69, 9.17) is 16.3 Å². The van der Waals surface area contributed by atoms with Crippen LogP contribution in [0.4, 0.5) is 0 Å². The lowest BCUT2D eigenvalue weighted by molar-refractivity contribution is 0.413. The van der Waals surface area contributed by atoms with Crippen molar-refractivity contribution in [3.8, 4) is 5.75 Å². The molecule has 0 N–H and O–H groups in total. The van der Waals surface area contributed by atoms with Gasteiger partial charge in [0.15, 0.2) is 0 Å². The predicted molar refractivity (Wildman–Crippen MR) is 61.4 cm³/mol. The van der Waals surface area contributed by atoms with Crippen LogP contribution in [0, 0.1) is 0 Å². The van der Waals surface area contributed by atoms with E-state index in [1.807, 2.05) is 12.1 Å². The van der Waals surface area contributed by atoms with Crippen LogP contribution in [0.15, 0.2) is 24.3 Å². The zero-order valence-corrected chi connectivity index (χ0v) is 9.77. The minimum Gasteiger partial charge on any atom is -0.497 e. The summed E-state index contributed by atoms with van der Waals surface area (Å²) < 4.78 is 5.12. The molecule has 0 saturated heterocycles. The quantitative estimate of drug-likeness (QED) is 0.693. The maximum Gasteiger partial charge on any atom is 0.118 e. The monoisotopic (exact) mass is 212 g/mol. The van der Waals surface area contributed by atoms with E-state index < -0.39 is 0 Å². The number of hydrogen-bond acceptors (Lipinski definition) is 1. The molecule has 78 valence electrons. The molecule has 0 bridgehead atoms. The number of halogens is 1. The standard InChI is InChI=1S/C12H17ClO/c1-12(2,8-9-13)10-4-6-11(14-3)7-5-10/h4-7H,8-9H2,1-3H3. The molecule has 0 unspecified atom stereocenters. The average molecular weight is 213 g/mol. The number of benzene rings is 1. The van der Waals surface area contributed by atoms with Gasteiger partial charge in [-0.3, -0.25) is 0 Å². The van der Waals surface area contributed by atoms with Gasteiger partial charge in [0.25, 0.3) is 0 Å². The second-order valence-corrected chi connectivity index (χ2v) is 4.43. The van der Waals surface area contributed by atoms with Gasteiger partial charge in [0.1, 0.15) is 5.75 Å². The molecule has 0 heterocycles. The number of methoxy groups -OCH3 is 1. The molecular formula is C12H17ClO. The second-order valence-electron chi connectivity index (χ2n) is 4.05. The first-order chi connectivity index (χ1) is 6.60. The highest BCUT2D eigenvalue weighted by molar-refractivity contribution is 6.17. The third kappa shape index (κ3) is 2.65. The zero-order chi connectivity index (χ0) is 10.6. The van der Waals surface area contributed by atoms with Gasteiger partial charge in [0.05, 0.1) is 7.11 Å². The summed E-state index contributed by atoms with van der Waals surface area (Å²) in [5, 5.41) is 0. The third-order valence-electron chi connectivity index (χ3n) is 2.59. The van der Waals surface area contributed by atoms with Crippen molar-refractivity contribution in [2.75, 3.05) is 13.0 Å². The van der Waals surface area contributed by atoms with Crippen LogP contribution in [0.3, 0.4) is 0 Å². The van der Waals surface area contributed by atoms with E-state index >= 15 is 0 Å². The second kappa shape index (κ2) is 4.70. The highest BCUT2D eigenvalue weighted by Gasteiger charge is 2.19. The van der Waals surface area contributed by atoms with Crippen molar-refractivity contribution >= 4 is 11.6 Å². The molecule has 0 spiro atoms. The van der Waals surface area contributed by atoms with Crippen molar-refractivity contribution in [1.82, 2.24) is 0 Å². The van der Waals surface area contributed by atoms with Gasteiger partial charge in [-0.2, -0.15) is 0 Å². The summed E-state index contributed by atoms with van der Waals surface area (Å²) in [6.07, 6.45) is 0.987. The van der Waals surface area contributed by atoms with Gasteiger partial charge < -0.3 is 4.74 Å². The van der Waals surface area contributed by atoms with Crippen molar-refractivity contribution in [2.45, 2.75) is 25.7 Å². The molecule has 1 nitrogen and oxygen atoms in total. The van der Waals surface area contributed by atoms with E-state index in [2.05, 4.69) is 26.0 Å². The Bertz CT molecular complexity index is 277. The Morgan fingerprint density at radius 3 is 2.21 bits per heavy atom. The molecule has 0 atom stereocenters. The fourth-order valence-electron chi connectivity index (χ4n) is 1.42. The van der Waals surface area contributed by atoms with Crippen LogP contribution in [0.1, 0.15) is 25.8 Å². The lowest BCUT2D eigenvalue weighted by atomic mass is 9.82. The largest absolute Gasteiger partial charge is 0.497 e. The summed E-state index contributed by atoms with van der Waals surface area (Å²) in [6.45, 7) is 4.41. The van der Waals surface area contributed by atoms with Crippen LogP contribution >= 0.6 is 11.6 Å². The summed E-state index contributed by atoms with van der Waals surface area (Å²) in [6, 6.07) is 8.19. The topological polar surface area (TPSA) is 9.23 Å². The predicted octanol–water partition coefficient (Wildman–Crippen LogP) is 3.60. The smallest absolute Gasteiger partial charge is 0.118 e. The molecule has 0 fully saturated rings. The average Bonchev–Trinajstić information content (AvgIpc) is 2.18. The minimum atomic E-state index is 0.147. The normalized spacial score (nSPS) is 11.4. The first kappa shape index (κ1) is 11.4. The van der Waals surface area contributed by atoms with Gasteiger partial charge in [0.2, 0.25) is 0 Å². The fraction of sp³-hybridized carbons (Fsp3) is 0.500. The molecule has 0 saturated carbocycles. The van der Waals surface area contributed by atoms with E-state index in [9.17, 15) is 0 Å². The van der Waals surface area contributed by atoms with Gasteiger partial charge in [-0.15, -0.1) is 11.6 Å². The van der Waals surface area contributed by atoms with Crippen molar-refractivity contribution in [3.63, 3.8) is 0 Å². The van der Waals surface area contributed by atoms with Crippen LogP contribution in [-0.2, 0) is 5.41 Å². The summed E-state index contributed by atoms with van der Waals surface area (Å²) in [5.41, 5.74) is 1.45. The van der Waals surface area contributed by atoms with Crippen LogP contribution < -0.4 is 4.74 Å². The molecule has 0 aliphatic rings. The van der Waals surface area contributed by atoms with E-state index in [0.717, 1.165) is 12.2 Å². The molecule has 1 aromatic rings. The lowest BCUT2D eigenvalue weighted by Crippen LogP contribution is -2.17. The SMILES string of the molecule is COc1ccc(C(C)(C)CCCl)cc1. The first-order valence-electron chi connectivity index (χ1n) is 4.80. The zero-order valence-electron chi connectivity index (χ0n) is 9.01. The molecule has 14 heavy (non-hydrogen) atoms. The number of ether oxygens (including phenoxy) is 1. The molecule has 0 amide bonds. The molecule has 0 aromatic heterocycles. The summed E-state index contributed by atoms with van der Waals surface area (Å²) in [4.78, 5) is 0. The Labute approximate surface area is 91.0 Å². The van der Waals surface area contributed by atoms with Gasteiger partial charge in [-0.05, 0) is 29.5 Å². The number of rotatable bonds is 4. The molecule has 1 aromatic carbocycles. The van der Waals surface area contributed by atoms with Gasteiger partial charge in [-0.1, -0.05) is 26.0 Å². The molecule has 1 rings (SSSR count). The maximum atomic E-state index is 5.77. The van der Waals surface area contributed by atoms with Crippen LogP contribution in [0.5, 0.6) is 5.75 Å². The highest BCUT2D eigenvalue weighted by Crippen LogP contribution is 2.28. The third-order valence-corrected chi connectivity index (χ3v) is 2.78. The van der Waals surface area contributed by atoms with E-state index in [-0.39, 0.29) is 5.41 Å². The molecule has 0 aliphatic carbocycles. The Balaban J connectivity index is 2.85. The van der Waals surface area contributed by atoms with E-state index in [1.165, 1.54) is 5.56 Å². The summed E-state index contributed by atoms with van der Waals surface area (Å²) in [7, 11) is 1.68. The van der Waals surface area contributed by atoms with Crippen molar-refractivity contribution < 1.29 is 4.74 Å². The van der Waals surface area contributed by atoms with Crippen molar-refractivity contribution in [1.29, 1.82) is 0 Å². The Morgan fingerprint density at radius 2 is 1.79 bits per heavy atom. The Morgan fingerprint density at radius 1 is 1.21 bits per heavy atom. The summed E-state index contributed by atoms with van der Waals surface area (Å²) in [5.74, 6) is 1.59. The van der Waals surface area contributed by atoms with Gasteiger partial charge >= 0.3 is 0 Å². The van der Waals surface area contributed by atoms with Gasteiger partial charge in [-0.25, -0.2) is 0 Å². The maximum absolute atomic E-state index is 5.77. The first-order valence-corrected chi connectivity index (χ1v) is 5.34. The Hall–Kier alpha value is -0.690. The fourth-order valence-corrected chi connectivity index (χ4v) is 1.90. The summed E-state index contributed by atoms with van der Waals surface area (Å²) >= 11 is 5.77. The minimum absolute atomic E-state index is 0.147. The number of hydrogen-bond donors (Lipinski definition) is 0. The highest BCUT2D eigenvalue weighted by atomic mass is 35.5. The molecule has 0 aliphatic heterocycles. The van der Waals surface area contributed by atoms with Crippen LogP contribution in [-0.4, -0.2) is 13.0 Å². The van der Waals surface area contributed by atoms with Crippen LogP contribution in [0.25, 0.3) is 0 Å². The van der Waals surface area contributed by atoms with E-state index in [1.54, 1.807) is 7.11 Å². The number of alkyl halides is 1.